The summed E-state index contributed by atoms with van der Waals surface area (Å²) in [5, 5.41) is 0.885. The van der Waals surface area contributed by atoms with E-state index in [1.54, 1.807) is 0 Å². The van der Waals surface area contributed by atoms with Crippen LogP contribution in [0.4, 0.5) is 0 Å². The highest BCUT2D eigenvalue weighted by Gasteiger charge is 2.16. The Morgan fingerprint density at radius 1 is 1.26 bits per heavy atom. The Bertz CT molecular complexity index is 611. The second-order valence-corrected chi connectivity index (χ2v) is 5.73. The number of rotatable bonds is 4. The average Bonchev–Trinajstić information content (AvgIpc) is 2.67. The van der Waals surface area contributed by atoms with E-state index >= 15 is 0 Å². The fourth-order valence-electron chi connectivity index (χ4n) is 2.35. The summed E-state index contributed by atoms with van der Waals surface area (Å²) >= 11 is 0. The number of hydrogen-bond donors (Lipinski definition) is 0. The molecule has 2 aromatic rings. The summed E-state index contributed by atoms with van der Waals surface area (Å²) in [6.45, 7) is 10.4. The molecule has 0 aliphatic rings. The number of nitrogens with zero attached hydrogens (tertiary/aromatic N) is 3. The van der Waals surface area contributed by atoms with Crippen LogP contribution in [0.5, 0.6) is 0 Å². The molecule has 2 aromatic heterocycles. The Morgan fingerprint density at radius 3 is 2.47 bits per heavy atom. The molecule has 0 aliphatic heterocycles. The van der Waals surface area contributed by atoms with E-state index in [1.165, 1.54) is 0 Å². The number of hydrogen-bond acceptors (Lipinski definition) is 3. The van der Waals surface area contributed by atoms with Crippen molar-refractivity contribution in [2.45, 2.75) is 47.1 Å². The highest BCUT2D eigenvalue weighted by Crippen LogP contribution is 2.25. The van der Waals surface area contributed by atoms with Crippen LogP contribution in [-0.4, -0.2) is 20.8 Å². The summed E-state index contributed by atoms with van der Waals surface area (Å²) < 4.78 is 2.05. The van der Waals surface area contributed by atoms with E-state index in [0.717, 1.165) is 35.3 Å². The molecule has 0 bridgehead atoms. The van der Waals surface area contributed by atoms with E-state index in [1.807, 2.05) is 13.1 Å². The maximum Gasteiger partial charge on any atom is 0.152 e. The monoisotopic (exact) mass is 259 g/mol. The molecule has 0 fully saturated rings. The van der Waals surface area contributed by atoms with Gasteiger partial charge in [-0.25, -0.2) is 9.97 Å². The fraction of sp³-hybridized carbons (Fsp3) is 0.533. The van der Waals surface area contributed by atoms with Crippen LogP contribution >= 0.6 is 0 Å². The van der Waals surface area contributed by atoms with Crippen molar-refractivity contribution in [3.63, 3.8) is 0 Å². The van der Waals surface area contributed by atoms with E-state index in [0.29, 0.717) is 11.5 Å². The Hall–Kier alpha value is -1.71. The van der Waals surface area contributed by atoms with Gasteiger partial charge in [-0.15, -0.1) is 0 Å². The molecule has 19 heavy (non-hydrogen) atoms. The minimum absolute atomic E-state index is 0.275. The second kappa shape index (κ2) is 5.11. The van der Waals surface area contributed by atoms with Crippen LogP contribution in [0, 0.1) is 12.8 Å². The van der Waals surface area contributed by atoms with Gasteiger partial charge >= 0.3 is 0 Å². The maximum atomic E-state index is 11.2. The molecule has 0 atom stereocenters. The zero-order valence-electron chi connectivity index (χ0n) is 12.3. The normalized spacial score (nSPS) is 11.7. The molecule has 0 saturated heterocycles. The van der Waals surface area contributed by atoms with Gasteiger partial charge in [0.15, 0.2) is 6.29 Å². The zero-order valence-corrected chi connectivity index (χ0v) is 12.3. The molecular weight excluding hydrogens is 238 g/mol. The van der Waals surface area contributed by atoms with Crippen LogP contribution in [-0.2, 0) is 6.42 Å². The molecule has 0 aliphatic carbocycles. The van der Waals surface area contributed by atoms with Gasteiger partial charge in [0.2, 0.25) is 0 Å². The molecule has 4 nitrogen and oxygen atoms in total. The third kappa shape index (κ3) is 2.53. The maximum absolute atomic E-state index is 11.2. The molecule has 0 unspecified atom stereocenters. The van der Waals surface area contributed by atoms with Gasteiger partial charge in [0.05, 0.1) is 11.1 Å². The molecule has 4 heteroatoms. The molecule has 2 heterocycles. The van der Waals surface area contributed by atoms with Crippen molar-refractivity contribution in [2.75, 3.05) is 0 Å². The lowest BCUT2D eigenvalue weighted by atomic mass is 10.1. The number of fused-ring (bicyclic) bond motifs is 1. The third-order valence-electron chi connectivity index (χ3n) is 3.20. The molecule has 0 amide bonds. The lowest BCUT2D eigenvalue weighted by Gasteiger charge is -2.10. The summed E-state index contributed by atoms with van der Waals surface area (Å²) in [5.74, 6) is 1.38. The third-order valence-corrected chi connectivity index (χ3v) is 3.20. The van der Waals surface area contributed by atoms with Gasteiger partial charge in [-0.2, -0.15) is 0 Å². The Labute approximate surface area is 113 Å². The van der Waals surface area contributed by atoms with Gasteiger partial charge in [0.25, 0.3) is 0 Å². The Kier molecular flexibility index (Phi) is 3.69. The second-order valence-electron chi connectivity index (χ2n) is 5.73. The number of aromatic nitrogens is 3. The Morgan fingerprint density at radius 2 is 1.95 bits per heavy atom. The average molecular weight is 259 g/mol. The number of carbonyl (C=O) groups is 1. The lowest BCUT2D eigenvalue weighted by Crippen LogP contribution is -2.06. The van der Waals surface area contributed by atoms with Crippen molar-refractivity contribution in [3.05, 3.63) is 23.3 Å². The SMILES string of the molecule is Cc1nc(CC(C)C)nc2c1c(C=O)cn2C(C)C. The fourth-order valence-corrected chi connectivity index (χ4v) is 2.35. The highest BCUT2D eigenvalue weighted by molar-refractivity contribution is 5.97. The summed E-state index contributed by atoms with van der Waals surface area (Å²) in [6.07, 6.45) is 3.62. The van der Waals surface area contributed by atoms with Crippen LogP contribution in [0.25, 0.3) is 11.0 Å². The largest absolute Gasteiger partial charge is 0.329 e. The van der Waals surface area contributed by atoms with Crippen LogP contribution in [0.3, 0.4) is 0 Å². The van der Waals surface area contributed by atoms with E-state index in [-0.39, 0.29) is 6.04 Å². The van der Waals surface area contributed by atoms with Crippen LogP contribution in [0.1, 0.15) is 55.6 Å². The van der Waals surface area contributed by atoms with E-state index in [2.05, 4.69) is 42.2 Å². The van der Waals surface area contributed by atoms with Crippen LogP contribution in [0.2, 0.25) is 0 Å². The first kappa shape index (κ1) is 13.7. The molecule has 0 aromatic carbocycles. The van der Waals surface area contributed by atoms with Crippen LogP contribution < -0.4 is 0 Å². The van der Waals surface area contributed by atoms with E-state index < -0.39 is 0 Å². The molecule has 0 N–H and O–H groups in total. The molecule has 0 spiro atoms. The predicted octanol–water partition coefficient (Wildman–Crippen LogP) is 3.33. The van der Waals surface area contributed by atoms with Gasteiger partial charge in [-0.05, 0) is 26.7 Å². The minimum atomic E-state index is 0.275. The standard InChI is InChI=1S/C15H21N3O/c1-9(2)6-13-16-11(5)14-12(8-19)7-18(10(3)4)15(14)17-13/h7-10H,6H2,1-5H3. The molecule has 0 saturated carbocycles. The van der Waals surface area contributed by atoms with Crippen LogP contribution in [0.15, 0.2) is 6.20 Å². The van der Waals surface area contributed by atoms with Gasteiger partial charge in [0.1, 0.15) is 11.5 Å². The first-order valence-electron chi connectivity index (χ1n) is 6.77. The molecular formula is C15H21N3O. The van der Waals surface area contributed by atoms with E-state index in [9.17, 15) is 4.79 Å². The van der Waals surface area contributed by atoms with E-state index in [4.69, 9.17) is 0 Å². The lowest BCUT2D eigenvalue weighted by molar-refractivity contribution is 0.112. The van der Waals surface area contributed by atoms with Gasteiger partial charge in [-0.1, -0.05) is 13.8 Å². The first-order valence-corrected chi connectivity index (χ1v) is 6.77. The van der Waals surface area contributed by atoms with Gasteiger partial charge < -0.3 is 4.57 Å². The Balaban J connectivity index is 2.70. The van der Waals surface area contributed by atoms with Gasteiger partial charge in [-0.3, -0.25) is 4.79 Å². The van der Waals surface area contributed by atoms with Crippen molar-refractivity contribution in [1.29, 1.82) is 0 Å². The number of aldehydes is 1. The molecule has 0 radical (unpaired) electrons. The van der Waals surface area contributed by atoms with Crippen molar-refractivity contribution in [2.24, 2.45) is 5.92 Å². The number of carbonyl (C=O) groups excluding carboxylic acids is 1. The topological polar surface area (TPSA) is 47.8 Å². The molecule has 102 valence electrons. The summed E-state index contributed by atoms with van der Waals surface area (Å²) in [6, 6.07) is 0.275. The van der Waals surface area contributed by atoms with Crippen molar-refractivity contribution < 1.29 is 4.79 Å². The summed E-state index contributed by atoms with van der Waals surface area (Å²) in [7, 11) is 0. The number of aryl methyl sites for hydroxylation is 1. The van der Waals surface area contributed by atoms with Crippen molar-refractivity contribution in [1.82, 2.24) is 14.5 Å². The molecule has 2 rings (SSSR count). The smallest absolute Gasteiger partial charge is 0.152 e. The first-order chi connectivity index (χ1) is 8.93. The summed E-state index contributed by atoms with van der Waals surface area (Å²) in [5.41, 5.74) is 2.44. The predicted molar refractivity (Wildman–Crippen MR) is 76.6 cm³/mol. The summed E-state index contributed by atoms with van der Waals surface area (Å²) in [4.78, 5) is 20.4. The highest BCUT2D eigenvalue weighted by atomic mass is 16.1. The minimum Gasteiger partial charge on any atom is -0.329 e. The quantitative estimate of drug-likeness (QED) is 0.791. The van der Waals surface area contributed by atoms with Crippen molar-refractivity contribution >= 4 is 17.3 Å². The van der Waals surface area contributed by atoms with Crippen molar-refractivity contribution in [3.8, 4) is 0 Å². The van der Waals surface area contributed by atoms with Gasteiger partial charge in [0, 0.05) is 24.2 Å². The zero-order chi connectivity index (χ0) is 14.2.